The predicted octanol–water partition coefficient (Wildman–Crippen LogP) is 2.58. The molecule has 1 heterocycles. The Morgan fingerprint density at radius 1 is 1.25 bits per heavy atom. The second-order valence-electron chi connectivity index (χ2n) is 8.75. The van der Waals surface area contributed by atoms with Crippen molar-refractivity contribution < 1.29 is 32.2 Å². The van der Waals surface area contributed by atoms with E-state index >= 15 is 0 Å². The van der Waals surface area contributed by atoms with Crippen LogP contribution in [0.2, 0.25) is 5.02 Å². The van der Waals surface area contributed by atoms with Gasteiger partial charge >= 0.3 is 6.61 Å². The lowest BCUT2D eigenvalue weighted by molar-refractivity contribution is -0.178. The maximum absolute atomic E-state index is 13.5. The van der Waals surface area contributed by atoms with Gasteiger partial charge in [-0.25, -0.2) is 4.39 Å². The summed E-state index contributed by atoms with van der Waals surface area (Å²) in [6, 6.07) is 3.89. The number of halogens is 4. The molecule has 32 heavy (non-hydrogen) atoms. The zero-order valence-electron chi connectivity index (χ0n) is 17.2. The van der Waals surface area contributed by atoms with Crippen molar-refractivity contribution in [3.8, 4) is 5.75 Å². The highest BCUT2D eigenvalue weighted by Gasteiger charge is 2.57. The van der Waals surface area contributed by atoms with Crippen LogP contribution in [0.3, 0.4) is 0 Å². The highest BCUT2D eigenvalue weighted by Crippen LogP contribution is 2.52. The fraction of sp³-hybridized carbons (Fsp3) is 0.619. The van der Waals surface area contributed by atoms with E-state index in [1.54, 1.807) is 0 Å². The van der Waals surface area contributed by atoms with E-state index in [-0.39, 0.29) is 59.2 Å². The molecule has 2 amide bonds. The van der Waals surface area contributed by atoms with Crippen LogP contribution in [0.5, 0.6) is 5.75 Å². The van der Waals surface area contributed by atoms with Crippen molar-refractivity contribution in [3.63, 3.8) is 0 Å². The molecule has 11 heteroatoms. The number of piperidine rings is 1. The molecule has 3 aliphatic carbocycles. The lowest BCUT2D eigenvalue weighted by Crippen LogP contribution is -2.56. The van der Waals surface area contributed by atoms with Gasteiger partial charge in [-0.1, -0.05) is 11.6 Å². The lowest BCUT2D eigenvalue weighted by Gasteiger charge is -2.40. The fourth-order valence-electron chi connectivity index (χ4n) is 4.93. The molecule has 3 atom stereocenters. The molecule has 0 radical (unpaired) electrons. The summed E-state index contributed by atoms with van der Waals surface area (Å²) in [5.74, 6) is -0.858. The van der Waals surface area contributed by atoms with Gasteiger partial charge in [0.15, 0.2) is 6.61 Å². The number of hydrogen-bond acceptors (Lipinski definition) is 5. The maximum Gasteiger partial charge on any atom is 0.346 e. The zero-order valence-corrected chi connectivity index (χ0v) is 18.0. The van der Waals surface area contributed by atoms with Gasteiger partial charge in [0.1, 0.15) is 17.8 Å². The number of ether oxygens (including phenoxy) is 2. The molecule has 1 aromatic rings. The number of hydrogen-bond donors (Lipinski definition) is 3. The van der Waals surface area contributed by atoms with Crippen molar-refractivity contribution in [2.75, 3.05) is 13.2 Å². The molecule has 2 unspecified atom stereocenters. The monoisotopic (exact) mass is 475 g/mol. The maximum atomic E-state index is 13.5. The Hall–Kier alpha value is -2.04. The number of fused-ring (bicyclic) bond motifs is 1. The van der Waals surface area contributed by atoms with Crippen LogP contribution in [0.15, 0.2) is 18.2 Å². The molecular formula is C21H25ClF3N3O4. The van der Waals surface area contributed by atoms with E-state index in [4.69, 9.17) is 16.3 Å². The Morgan fingerprint density at radius 2 is 2.03 bits per heavy atom. The first-order valence-electron chi connectivity index (χ1n) is 10.6. The number of alkyl halides is 2. The zero-order chi connectivity index (χ0) is 22.9. The topological polar surface area (TPSA) is 88.7 Å². The first-order valence-corrected chi connectivity index (χ1v) is 11.0. The minimum absolute atomic E-state index is 0.0230. The highest BCUT2D eigenvalue weighted by molar-refractivity contribution is 6.30. The van der Waals surface area contributed by atoms with Gasteiger partial charge in [-0.15, -0.1) is 0 Å². The van der Waals surface area contributed by atoms with Crippen LogP contribution >= 0.6 is 11.6 Å². The highest BCUT2D eigenvalue weighted by atomic mass is 35.5. The molecule has 1 aromatic carbocycles. The van der Waals surface area contributed by atoms with E-state index in [0.717, 1.165) is 18.9 Å². The Bertz CT molecular complexity index is 861. The van der Waals surface area contributed by atoms with E-state index in [1.165, 1.54) is 12.1 Å². The van der Waals surface area contributed by atoms with E-state index in [2.05, 4.69) is 20.7 Å². The quantitative estimate of drug-likeness (QED) is 0.538. The molecule has 4 fully saturated rings. The second-order valence-corrected chi connectivity index (χ2v) is 9.16. The van der Waals surface area contributed by atoms with Gasteiger partial charge in [-0.2, -0.15) is 8.78 Å². The molecule has 1 saturated heterocycles. The number of benzene rings is 1. The summed E-state index contributed by atoms with van der Waals surface area (Å²) in [6.07, 6.45) is 2.27. The number of rotatable bonds is 8. The molecule has 5 rings (SSSR count). The summed E-state index contributed by atoms with van der Waals surface area (Å²) in [7, 11) is 0. The Labute approximate surface area is 188 Å². The average Bonchev–Trinajstić information content (AvgIpc) is 3.22. The Morgan fingerprint density at radius 3 is 2.69 bits per heavy atom. The molecule has 0 spiro atoms. The third-order valence-corrected chi connectivity index (χ3v) is 6.79. The van der Waals surface area contributed by atoms with Crippen molar-refractivity contribution >= 4 is 23.4 Å². The lowest BCUT2D eigenvalue weighted by atomic mass is 9.76. The van der Waals surface area contributed by atoms with Gasteiger partial charge in [-0.3, -0.25) is 14.9 Å². The number of amides is 2. The fourth-order valence-corrected chi connectivity index (χ4v) is 5.04. The van der Waals surface area contributed by atoms with E-state index < -0.39 is 18.7 Å². The predicted molar refractivity (Wildman–Crippen MR) is 109 cm³/mol. The molecule has 1 aliphatic heterocycles. The third kappa shape index (κ3) is 5.29. The first kappa shape index (κ1) is 23.1. The molecule has 7 nitrogen and oxygen atoms in total. The van der Waals surface area contributed by atoms with Crippen LogP contribution in [0.4, 0.5) is 13.2 Å². The molecule has 3 N–H and O–H groups in total. The Balaban J connectivity index is 1.20. The minimum Gasteiger partial charge on any atom is -0.484 e. The summed E-state index contributed by atoms with van der Waals surface area (Å²) in [6.45, 7) is -2.81. The number of nitrogens with one attached hydrogen (secondary N) is 3. The summed E-state index contributed by atoms with van der Waals surface area (Å²) in [5.41, 5.74) is -0.337. The van der Waals surface area contributed by atoms with Gasteiger partial charge in [-0.05, 0) is 50.2 Å². The standard InChI is InChI=1S/C21H25ClF3N3O4/c22-14-3-2-13(5-15(14)23)31-10-17(29)27-16-8-21(6-12(16)7-21)28-19(30)11-1-4-18(26-9-11)32-20(24)25/h2-3,5,11-12,16,18,20,26H,1,4,6-10H2,(H,27,29)(H,28,30)/t11?,12?,16-,18?,21?/m0/s1. The van der Waals surface area contributed by atoms with Crippen LogP contribution in [-0.2, 0) is 14.3 Å². The molecular weight excluding hydrogens is 451 g/mol. The van der Waals surface area contributed by atoms with E-state index in [0.29, 0.717) is 19.3 Å². The van der Waals surface area contributed by atoms with Crippen LogP contribution in [0.1, 0.15) is 32.1 Å². The van der Waals surface area contributed by atoms with Crippen LogP contribution in [0, 0.1) is 17.7 Å². The van der Waals surface area contributed by atoms with Crippen LogP contribution in [0.25, 0.3) is 0 Å². The van der Waals surface area contributed by atoms with E-state index in [1.807, 2.05) is 0 Å². The minimum atomic E-state index is -2.84. The summed E-state index contributed by atoms with van der Waals surface area (Å²) in [4.78, 5) is 24.9. The number of carbonyl (C=O) groups is 2. The molecule has 0 aromatic heterocycles. The van der Waals surface area contributed by atoms with Gasteiger partial charge in [0, 0.05) is 24.2 Å². The molecule has 176 valence electrons. The molecule has 4 aliphatic rings. The molecule has 3 saturated carbocycles. The van der Waals surface area contributed by atoms with Crippen molar-refractivity contribution in [1.29, 1.82) is 0 Å². The van der Waals surface area contributed by atoms with Gasteiger partial charge in [0.2, 0.25) is 5.91 Å². The van der Waals surface area contributed by atoms with Crippen molar-refractivity contribution in [2.24, 2.45) is 11.8 Å². The summed E-state index contributed by atoms with van der Waals surface area (Å²) in [5, 5.41) is 8.86. The van der Waals surface area contributed by atoms with Crippen molar-refractivity contribution in [1.82, 2.24) is 16.0 Å². The smallest absolute Gasteiger partial charge is 0.346 e. The van der Waals surface area contributed by atoms with Gasteiger partial charge < -0.3 is 20.1 Å². The third-order valence-electron chi connectivity index (χ3n) is 6.49. The Kier molecular flexibility index (Phi) is 6.83. The van der Waals surface area contributed by atoms with Crippen LogP contribution < -0.4 is 20.7 Å². The largest absolute Gasteiger partial charge is 0.484 e. The summed E-state index contributed by atoms with van der Waals surface area (Å²) < 4.78 is 47.8. The summed E-state index contributed by atoms with van der Waals surface area (Å²) >= 11 is 5.62. The number of carbonyl (C=O) groups excluding carboxylic acids is 2. The molecule has 2 bridgehead atoms. The average molecular weight is 476 g/mol. The normalized spacial score (nSPS) is 31.2. The van der Waals surface area contributed by atoms with Gasteiger partial charge in [0.05, 0.1) is 10.9 Å². The van der Waals surface area contributed by atoms with Crippen molar-refractivity contribution in [3.05, 3.63) is 29.0 Å². The SMILES string of the molecule is O=C(COc1ccc(Cl)c(F)c1)N[C@H]1CC2(NC(=O)C3CCC(OC(F)F)NC3)CC1C2. The first-order chi connectivity index (χ1) is 15.2. The van der Waals surface area contributed by atoms with Gasteiger partial charge in [0.25, 0.3) is 5.91 Å². The second kappa shape index (κ2) is 9.44. The van der Waals surface area contributed by atoms with Crippen LogP contribution in [-0.4, -0.2) is 49.4 Å². The van der Waals surface area contributed by atoms with Crippen molar-refractivity contribution in [2.45, 2.75) is 56.5 Å². The van der Waals surface area contributed by atoms with E-state index in [9.17, 15) is 22.8 Å².